The van der Waals surface area contributed by atoms with Crippen LogP contribution in [0.15, 0.2) is 83.8 Å². The fourth-order valence-electron chi connectivity index (χ4n) is 4.64. The monoisotopic (exact) mass is 493 g/mol. The summed E-state index contributed by atoms with van der Waals surface area (Å²) in [6.07, 6.45) is 4.10. The van der Waals surface area contributed by atoms with E-state index in [0.717, 1.165) is 38.2 Å². The Morgan fingerprint density at radius 1 is 0.944 bits per heavy atom. The minimum atomic E-state index is -0.0254. The summed E-state index contributed by atoms with van der Waals surface area (Å²) in [5, 5.41) is 1.11. The second-order valence-electron chi connectivity index (χ2n) is 10.1. The van der Waals surface area contributed by atoms with Gasteiger partial charge in [0.1, 0.15) is 12.4 Å². The third-order valence-corrected chi connectivity index (χ3v) is 7.54. The van der Waals surface area contributed by atoms with Crippen molar-refractivity contribution in [3.05, 3.63) is 105 Å². The van der Waals surface area contributed by atoms with Gasteiger partial charge in [0.15, 0.2) is 4.96 Å². The van der Waals surface area contributed by atoms with Crippen molar-refractivity contribution < 1.29 is 4.74 Å². The van der Waals surface area contributed by atoms with Gasteiger partial charge < -0.3 is 9.30 Å². The van der Waals surface area contributed by atoms with Crippen molar-refractivity contribution in [3.63, 3.8) is 0 Å². The molecule has 180 valence electrons. The fourth-order valence-corrected chi connectivity index (χ4v) is 5.62. The van der Waals surface area contributed by atoms with E-state index in [-0.39, 0.29) is 11.0 Å². The van der Waals surface area contributed by atoms with Gasteiger partial charge in [0.05, 0.1) is 22.1 Å². The summed E-state index contributed by atoms with van der Waals surface area (Å²) >= 11 is 1.43. The second kappa shape index (κ2) is 8.64. The first kappa shape index (κ1) is 22.6. The molecule has 0 spiro atoms. The number of hydrogen-bond acceptors (Lipinski definition) is 4. The average molecular weight is 494 g/mol. The molecule has 6 aromatic rings. The first-order chi connectivity index (χ1) is 17.4. The molecule has 0 saturated heterocycles. The molecular weight excluding hydrogens is 466 g/mol. The average Bonchev–Trinajstić information content (AvgIpc) is 3.50. The number of aromatic nitrogens is 3. The van der Waals surface area contributed by atoms with Crippen molar-refractivity contribution in [2.45, 2.75) is 32.7 Å². The number of hydrogen-bond donors (Lipinski definition) is 0. The van der Waals surface area contributed by atoms with Gasteiger partial charge in [0, 0.05) is 22.7 Å². The standard InChI is InChI=1S/C30H27N3O2S/c1-30(2,3)21-12-14-22(15-13-21)35-17-16-32-19-20(23-8-4-6-10-25(23)32)18-27-28(34)33-26-11-7-5-9-24(26)31-29(33)36-27/h4-15,18-19H,16-17H2,1-3H3/b27-18-. The molecule has 3 aromatic carbocycles. The Balaban J connectivity index is 1.30. The van der Waals surface area contributed by atoms with E-state index in [9.17, 15) is 4.79 Å². The number of ether oxygens (including phenoxy) is 1. The molecule has 0 saturated carbocycles. The molecule has 0 fully saturated rings. The highest BCUT2D eigenvalue weighted by Crippen LogP contribution is 2.25. The zero-order valence-electron chi connectivity index (χ0n) is 20.6. The Bertz CT molecular complexity index is 1820. The highest BCUT2D eigenvalue weighted by atomic mass is 32.1. The van der Waals surface area contributed by atoms with E-state index in [4.69, 9.17) is 4.74 Å². The highest BCUT2D eigenvalue weighted by molar-refractivity contribution is 7.15. The van der Waals surface area contributed by atoms with Crippen LogP contribution in [0.5, 0.6) is 5.75 Å². The Hall–Kier alpha value is -3.90. The maximum Gasteiger partial charge on any atom is 0.274 e. The SMILES string of the molecule is CC(C)(C)c1ccc(OCCn2cc(/C=c3\sc4nc5ccccc5n4c3=O)c3ccccc32)cc1. The number of nitrogens with zero attached hydrogens (tertiary/aromatic N) is 3. The number of benzene rings is 3. The fraction of sp³-hybridized carbons (Fsp3) is 0.200. The molecular formula is C30H27N3O2S. The van der Waals surface area contributed by atoms with Crippen LogP contribution in [0.3, 0.4) is 0 Å². The zero-order valence-corrected chi connectivity index (χ0v) is 21.4. The van der Waals surface area contributed by atoms with Crippen LogP contribution in [0, 0.1) is 0 Å². The lowest BCUT2D eigenvalue weighted by Crippen LogP contribution is -2.22. The quantitative estimate of drug-likeness (QED) is 0.306. The first-order valence-corrected chi connectivity index (χ1v) is 12.9. The van der Waals surface area contributed by atoms with E-state index >= 15 is 0 Å². The van der Waals surface area contributed by atoms with E-state index in [1.165, 1.54) is 16.9 Å². The van der Waals surface area contributed by atoms with E-state index in [2.05, 4.69) is 60.8 Å². The number of para-hydroxylation sites is 3. The van der Waals surface area contributed by atoms with Crippen molar-refractivity contribution >= 4 is 44.3 Å². The largest absolute Gasteiger partial charge is 0.492 e. The molecule has 0 N–H and O–H groups in total. The summed E-state index contributed by atoms with van der Waals surface area (Å²) in [6.45, 7) is 7.89. The normalized spacial score (nSPS) is 12.8. The topological polar surface area (TPSA) is 48.5 Å². The van der Waals surface area contributed by atoms with Crippen LogP contribution in [-0.2, 0) is 12.0 Å². The van der Waals surface area contributed by atoms with Gasteiger partial charge >= 0.3 is 0 Å². The maximum absolute atomic E-state index is 13.2. The van der Waals surface area contributed by atoms with Crippen LogP contribution in [0.1, 0.15) is 31.9 Å². The molecule has 0 amide bonds. The molecule has 0 radical (unpaired) electrons. The van der Waals surface area contributed by atoms with Crippen molar-refractivity contribution in [1.82, 2.24) is 14.0 Å². The van der Waals surface area contributed by atoms with Crippen molar-refractivity contribution in [3.8, 4) is 5.75 Å². The van der Waals surface area contributed by atoms with E-state index in [0.29, 0.717) is 17.7 Å². The molecule has 6 heteroatoms. The number of rotatable bonds is 5. The third-order valence-electron chi connectivity index (χ3n) is 6.57. The summed E-state index contributed by atoms with van der Waals surface area (Å²) in [7, 11) is 0. The number of thiazole rings is 1. The molecule has 3 heterocycles. The van der Waals surface area contributed by atoms with Gasteiger partial charge in [0.25, 0.3) is 5.56 Å². The zero-order chi connectivity index (χ0) is 24.9. The summed E-state index contributed by atoms with van der Waals surface area (Å²) in [6, 6.07) is 24.4. The Morgan fingerprint density at radius 3 is 2.44 bits per heavy atom. The lowest BCUT2D eigenvalue weighted by atomic mass is 9.87. The third kappa shape index (κ3) is 3.97. The molecule has 0 bridgehead atoms. The molecule has 0 atom stereocenters. The van der Waals surface area contributed by atoms with Crippen molar-refractivity contribution in [2.75, 3.05) is 6.61 Å². The number of fused-ring (bicyclic) bond motifs is 4. The molecule has 0 aliphatic carbocycles. The van der Waals surface area contributed by atoms with Gasteiger partial charge in [-0.3, -0.25) is 4.79 Å². The predicted molar refractivity (Wildman–Crippen MR) is 148 cm³/mol. The van der Waals surface area contributed by atoms with Crippen LogP contribution < -0.4 is 14.8 Å². The smallest absolute Gasteiger partial charge is 0.274 e. The Labute approximate surface area is 212 Å². The van der Waals surface area contributed by atoms with Crippen LogP contribution in [0.4, 0.5) is 0 Å². The van der Waals surface area contributed by atoms with Crippen LogP contribution in [0.2, 0.25) is 0 Å². The molecule has 36 heavy (non-hydrogen) atoms. The highest BCUT2D eigenvalue weighted by Gasteiger charge is 2.14. The molecule has 6 rings (SSSR count). The Morgan fingerprint density at radius 2 is 1.67 bits per heavy atom. The molecule has 3 aromatic heterocycles. The van der Waals surface area contributed by atoms with Gasteiger partial charge in [-0.25, -0.2) is 9.38 Å². The van der Waals surface area contributed by atoms with Gasteiger partial charge in [-0.2, -0.15) is 0 Å². The van der Waals surface area contributed by atoms with Crippen LogP contribution >= 0.6 is 11.3 Å². The van der Waals surface area contributed by atoms with Gasteiger partial charge in [-0.1, -0.05) is 74.6 Å². The van der Waals surface area contributed by atoms with Crippen LogP contribution in [-0.4, -0.2) is 20.6 Å². The minimum absolute atomic E-state index is 0.0254. The summed E-state index contributed by atoms with van der Waals surface area (Å²) < 4.78 is 10.6. The Kier molecular flexibility index (Phi) is 5.41. The molecule has 5 nitrogen and oxygen atoms in total. The van der Waals surface area contributed by atoms with Crippen molar-refractivity contribution in [1.29, 1.82) is 0 Å². The molecule has 0 aliphatic heterocycles. The molecule has 0 aliphatic rings. The summed E-state index contributed by atoms with van der Waals surface area (Å²) in [5.41, 5.74) is 5.22. The van der Waals surface area contributed by atoms with E-state index < -0.39 is 0 Å². The summed E-state index contributed by atoms with van der Waals surface area (Å²) in [4.78, 5) is 18.6. The number of imidazole rings is 1. The van der Waals surface area contributed by atoms with Gasteiger partial charge in [-0.15, -0.1) is 0 Å². The lowest BCUT2D eigenvalue weighted by Gasteiger charge is -2.19. The van der Waals surface area contributed by atoms with Gasteiger partial charge in [-0.05, 0) is 47.4 Å². The van der Waals surface area contributed by atoms with Crippen LogP contribution in [0.25, 0.3) is 33.0 Å². The van der Waals surface area contributed by atoms with E-state index in [1.807, 2.05) is 54.6 Å². The molecule has 0 unspecified atom stereocenters. The van der Waals surface area contributed by atoms with Crippen molar-refractivity contribution in [2.24, 2.45) is 0 Å². The van der Waals surface area contributed by atoms with E-state index in [1.54, 1.807) is 4.40 Å². The second-order valence-corrected chi connectivity index (χ2v) is 11.1. The maximum atomic E-state index is 13.2. The first-order valence-electron chi connectivity index (χ1n) is 12.1. The summed E-state index contributed by atoms with van der Waals surface area (Å²) in [5.74, 6) is 0.872. The predicted octanol–water partition coefficient (Wildman–Crippen LogP) is 5.79. The van der Waals surface area contributed by atoms with Gasteiger partial charge in [0.2, 0.25) is 0 Å². The lowest BCUT2D eigenvalue weighted by molar-refractivity contribution is 0.300. The minimum Gasteiger partial charge on any atom is -0.492 e.